The van der Waals surface area contributed by atoms with E-state index in [1.54, 1.807) is 6.08 Å². The molecule has 0 aromatic rings. The lowest BCUT2D eigenvalue weighted by atomic mass is 9.41. The maximum Gasteiger partial charge on any atom is 0.0986 e. The highest BCUT2D eigenvalue weighted by Gasteiger charge is 2.82. The van der Waals surface area contributed by atoms with Gasteiger partial charge in [0.1, 0.15) is 0 Å². The number of hydrogen-bond acceptors (Lipinski definition) is 4. The lowest BCUT2D eigenvalue weighted by Gasteiger charge is -2.63. The predicted molar refractivity (Wildman–Crippen MR) is 135 cm³/mol. The van der Waals surface area contributed by atoms with Crippen LogP contribution in [0.4, 0.5) is 0 Å². The molecule has 5 fully saturated rings. The fourth-order valence-electron chi connectivity index (χ4n) is 11.2. The van der Waals surface area contributed by atoms with E-state index >= 15 is 0 Å². The van der Waals surface area contributed by atoms with Gasteiger partial charge in [0.15, 0.2) is 0 Å². The van der Waals surface area contributed by atoms with E-state index in [9.17, 15) is 20.4 Å². The summed E-state index contributed by atoms with van der Waals surface area (Å²) in [5.41, 5.74) is 2.14. The molecular formula is C30H50O4. The fourth-order valence-corrected chi connectivity index (χ4v) is 11.2. The van der Waals surface area contributed by atoms with Crippen molar-refractivity contribution in [1.82, 2.24) is 0 Å². The molecule has 5 rings (SSSR count). The molecule has 0 aromatic carbocycles. The average molecular weight is 475 g/mol. The minimum absolute atomic E-state index is 0.0136. The summed E-state index contributed by atoms with van der Waals surface area (Å²) in [6, 6.07) is 0. The monoisotopic (exact) mass is 474 g/mol. The van der Waals surface area contributed by atoms with Gasteiger partial charge in [0.25, 0.3) is 0 Å². The molecule has 194 valence electrons. The van der Waals surface area contributed by atoms with Crippen LogP contribution in [0.1, 0.15) is 99.3 Å². The SMILES string of the molecule is CC(C)=CC(O)C(O)C(CO)C1CCC2(C)C3CCC4C(C)(C)C(O)CCC45CC35CCC12C. The maximum atomic E-state index is 11.1. The molecule has 34 heavy (non-hydrogen) atoms. The molecule has 0 bridgehead atoms. The summed E-state index contributed by atoms with van der Waals surface area (Å²) in [5.74, 6) is 1.27. The fraction of sp³-hybridized carbons (Fsp3) is 0.933. The van der Waals surface area contributed by atoms with Gasteiger partial charge in [-0.25, -0.2) is 0 Å². The Kier molecular flexibility index (Phi) is 5.78. The number of rotatable bonds is 5. The standard InChI is InChI=1S/C30H50O4/c1-18(2)15-21(32)25(34)19(16-31)20-9-11-28(6)23-8-7-22-26(3,4)24(33)10-12-29(22)17-30(23,29)14-13-27(20,28)5/h15,19-25,31-34H,7-14,16-17H2,1-6H3. The molecule has 11 atom stereocenters. The van der Waals surface area contributed by atoms with E-state index in [2.05, 4.69) is 27.7 Å². The zero-order valence-electron chi connectivity index (χ0n) is 22.5. The second-order valence-corrected chi connectivity index (χ2v) is 14.6. The molecule has 0 heterocycles. The van der Waals surface area contributed by atoms with Crippen LogP contribution in [0.5, 0.6) is 0 Å². The van der Waals surface area contributed by atoms with Gasteiger partial charge in [-0.3, -0.25) is 0 Å². The maximum absolute atomic E-state index is 11.1. The smallest absolute Gasteiger partial charge is 0.0986 e. The third-order valence-electron chi connectivity index (χ3n) is 13.2. The number of aliphatic hydroxyl groups excluding tert-OH is 4. The molecule has 5 aliphatic rings. The Balaban J connectivity index is 1.44. The van der Waals surface area contributed by atoms with Crippen molar-refractivity contribution in [3.8, 4) is 0 Å². The summed E-state index contributed by atoms with van der Waals surface area (Å²) in [6.45, 7) is 13.4. The van der Waals surface area contributed by atoms with Gasteiger partial charge in [0, 0.05) is 12.5 Å². The highest BCUT2D eigenvalue weighted by Crippen LogP contribution is 2.89. The van der Waals surface area contributed by atoms with E-state index in [4.69, 9.17) is 0 Å². The van der Waals surface area contributed by atoms with Gasteiger partial charge in [-0.05, 0) is 116 Å². The number of fused-ring (bicyclic) bond motifs is 2. The zero-order valence-corrected chi connectivity index (χ0v) is 22.5. The highest BCUT2D eigenvalue weighted by atomic mass is 16.3. The van der Waals surface area contributed by atoms with Crippen LogP contribution >= 0.6 is 0 Å². The lowest BCUT2D eigenvalue weighted by molar-refractivity contribution is -0.167. The molecule has 5 saturated carbocycles. The van der Waals surface area contributed by atoms with Gasteiger partial charge in [-0.1, -0.05) is 39.3 Å². The first-order valence-corrected chi connectivity index (χ1v) is 14.1. The summed E-state index contributed by atoms with van der Waals surface area (Å²) >= 11 is 0. The summed E-state index contributed by atoms with van der Waals surface area (Å²) in [4.78, 5) is 0. The summed E-state index contributed by atoms with van der Waals surface area (Å²) < 4.78 is 0. The zero-order chi connectivity index (χ0) is 24.9. The summed E-state index contributed by atoms with van der Waals surface area (Å²) in [5, 5.41) is 43.1. The molecule has 4 N–H and O–H groups in total. The van der Waals surface area contributed by atoms with Crippen molar-refractivity contribution in [2.75, 3.05) is 6.61 Å². The predicted octanol–water partition coefficient (Wildman–Crippen LogP) is 5.08. The van der Waals surface area contributed by atoms with Crippen LogP contribution in [0.2, 0.25) is 0 Å². The molecule has 4 heteroatoms. The van der Waals surface area contributed by atoms with E-state index in [1.807, 2.05) is 13.8 Å². The molecule has 11 unspecified atom stereocenters. The van der Waals surface area contributed by atoms with Crippen molar-refractivity contribution >= 4 is 0 Å². The summed E-state index contributed by atoms with van der Waals surface area (Å²) in [7, 11) is 0. The number of hydrogen-bond donors (Lipinski definition) is 4. The molecule has 5 aliphatic carbocycles. The van der Waals surface area contributed by atoms with Crippen LogP contribution in [-0.2, 0) is 0 Å². The van der Waals surface area contributed by atoms with Gasteiger partial charge in [0.05, 0.1) is 18.3 Å². The van der Waals surface area contributed by atoms with Gasteiger partial charge < -0.3 is 20.4 Å². The molecule has 4 nitrogen and oxygen atoms in total. The number of allylic oxidation sites excluding steroid dienone is 1. The Hall–Kier alpha value is -0.420. The molecular weight excluding hydrogens is 424 g/mol. The van der Waals surface area contributed by atoms with Crippen LogP contribution in [0.25, 0.3) is 0 Å². The molecule has 0 aliphatic heterocycles. The highest BCUT2D eigenvalue weighted by molar-refractivity contribution is 5.30. The van der Waals surface area contributed by atoms with Crippen LogP contribution < -0.4 is 0 Å². The Morgan fingerprint density at radius 2 is 1.50 bits per heavy atom. The second kappa shape index (κ2) is 7.79. The normalized spacial score (nSPS) is 51.2. The number of aliphatic hydroxyl groups is 4. The summed E-state index contributed by atoms with van der Waals surface area (Å²) in [6.07, 6.45) is 10.3. The Bertz CT molecular complexity index is 847. The second-order valence-electron chi connectivity index (χ2n) is 14.6. The largest absolute Gasteiger partial charge is 0.396 e. The molecule has 0 radical (unpaired) electrons. The third kappa shape index (κ3) is 2.98. The van der Waals surface area contributed by atoms with Crippen LogP contribution in [0, 0.1) is 50.7 Å². The quantitative estimate of drug-likeness (QED) is 0.419. The Morgan fingerprint density at radius 1 is 0.853 bits per heavy atom. The Morgan fingerprint density at radius 3 is 2.15 bits per heavy atom. The van der Waals surface area contributed by atoms with Gasteiger partial charge >= 0.3 is 0 Å². The molecule has 0 amide bonds. The first-order chi connectivity index (χ1) is 15.8. The molecule has 2 spiro atoms. The molecule has 0 saturated heterocycles. The lowest BCUT2D eigenvalue weighted by Crippen LogP contribution is -2.58. The van der Waals surface area contributed by atoms with Crippen molar-refractivity contribution in [3.63, 3.8) is 0 Å². The first-order valence-electron chi connectivity index (χ1n) is 14.1. The van der Waals surface area contributed by atoms with E-state index in [1.165, 1.54) is 32.1 Å². The van der Waals surface area contributed by atoms with Gasteiger partial charge in [-0.15, -0.1) is 0 Å². The topological polar surface area (TPSA) is 80.9 Å². The van der Waals surface area contributed by atoms with Crippen molar-refractivity contribution in [3.05, 3.63) is 11.6 Å². The Labute approximate surface area is 207 Å². The minimum atomic E-state index is -0.927. The van der Waals surface area contributed by atoms with E-state index in [0.29, 0.717) is 22.7 Å². The van der Waals surface area contributed by atoms with E-state index in [-0.39, 0.29) is 40.8 Å². The average Bonchev–Trinajstić information content (AvgIpc) is 3.36. The van der Waals surface area contributed by atoms with E-state index in [0.717, 1.165) is 31.3 Å². The van der Waals surface area contributed by atoms with Crippen LogP contribution in [0.15, 0.2) is 11.6 Å². The third-order valence-corrected chi connectivity index (χ3v) is 13.2. The van der Waals surface area contributed by atoms with Crippen molar-refractivity contribution in [2.24, 2.45) is 50.7 Å². The van der Waals surface area contributed by atoms with Crippen molar-refractivity contribution in [2.45, 2.75) is 118 Å². The van der Waals surface area contributed by atoms with Gasteiger partial charge in [-0.2, -0.15) is 0 Å². The van der Waals surface area contributed by atoms with E-state index < -0.39 is 12.2 Å². The molecule has 0 aromatic heterocycles. The minimum Gasteiger partial charge on any atom is -0.396 e. The van der Waals surface area contributed by atoms with Crippen LogP contribution in [0.3, 0.4) is 0 Å². The first kappa shape index (κ1) is 25.2. The van der Waals surface area contributed by atoms with Crippen molar-refractivity contribution < 1.29 is 20.4 Å². The van der Waals surface area contributed by atoms with Crippen LogP contribution in [-0.4, -0.2) is 45.3 Å². The van der Waals surface area contributed by atoms with Crippen molar-refractivity contribution in [1.29, 1.82) is 0 Å². The van der Waals surface area contributed by atoms with Gasteiger partial charge in [0.2, 0.25) is 0 Å².